The molecule has 0 unspecified atom stereocenters. The number of carbonyl (C=O) groups is 1. The quantitative estimate of drug-likeness (QED) is 0.358. The average Bonchev–Trinajstić information content (AvgIpc) is 2.07. The molecule has 0 fully saturated rings. The Bertz CT molecular complexity index is 386. The maximum atomic E-state index is 10.8. The highest BCUT2D eigenvalue weighted by Crippen LogP contribution is 2.31. The molecule has 14 heavy (non-hydrogen) atoms. The van der Waals surface area contributed by atoms with Crippen LogP contribution in [0.25, 0.3) is 0 Å². The van der Waals surface area contributed by atoms with Crippen LogP contribution < -0.4 is 0 Å². The summed E-state index contributed by atoms with van der Waals surface area (Å²) in [6.07, 6.45) is 0. The van der Waals surface area contributed by atoms with E-state index < -0.39 is 10.2 Å². The molecule has 1 aromatic carbocycles. The molecule has 7 heteroatoms. The molecule has 1 aromatic rings. The van der Waals surface area contributed by atoms with Gasteiger partial charge in [0, 0.05) is 9.64 Å². The molecule has 1 rings (SSSR count). The minimum Gasteiger partial charge on any atom is -0.276 e. The summed E-state index contributed by atoms with van der Waals surface area (Å²) < 4.78 is 0.530. The topological polar surface area (TPSA) is 60.2 Å². The van der Waals surface area contributed by atoms with Crippen molar-refractivity contribution in [2.75, 3.05) is 0 Å². The van der Waals surface area contributed by atoms with Crippen molar-refractivity contribution in [3.8, 4) is 0 Å². The van der Waals surface area contributed by atoms with Gasteiger partial charge in [-0.25, -0.2) is 0 Å². The molecule has 0 saturated heterocycles. The van der Waals surface area contributed by atoms with Crippen molar-refractivity contribution >= 4 is 56.7 Å². The Hall–Kier alpha value is -0.400. The SMILES string of the molecule is O=C(Cl)c1cc(I)cc([N+](=O)[O-])c1Cl. The fraction of sp³-hybridized carbons (Fsp3) is 0. The van der Waals surface area contributed by atoms with Crippen molar-refractivity contribution in [3.63, 3.8) is 0 Å². The monoisotopic (exact) mass is 345 g/mol. The van der Waals surface area contributed by atoms with Crippen LogP contribution in [0.5, 0.6) is 0 Å². The Balaban J connectivity index is 3.47. The fourth-order valence-corrected chi connectivity index (χ4v) is 1.92. The molecule has 0 radical (unpaired) electrons. The summed E-state index contributed by atoms with van der Waals surface area (Å²) in [6, 6.07) is 2.66. The lowest BCUT2D eigenvalue weighted by Crippen LogP contribution is -1.97. The van der Waals surface area contributed by atoms with E-state index in [-0.39, 0.29) is 16.3 Å². The van der Waals surface area contributed by atoms with Crippen LogP contribution >= 0.6 is 45.8 Å². The third-order valence-electron chi connectivity index (χ3n) is 1.43. The summed E-state index contributed by atoms with van der Waals surface area (Å²) in [5, 5.41) is 9.48. The Labute approximate surface area is 102 Å². The van der Waals surface area contributed by atoms with Gasteiger partial charge in [-0.2, -0.15) is 0 Å². The minimum atomic E-state index is -0.809. The van der Waals surface area contributed by atoms with Gasteiger partial charge in [0.25, 0.3) is 10.9 Å². The molecule has 0 N–H and O–H groups in total. The van der Waals surface area contributed by atoms with Gasteiger partial charge < -0.3 is 0 Å². The molecule has 0 saturated carbocycles. The summed E-state index contributed by atoms with van der Waals surface area (Å²) in [4.78, 5) is 20.7. The molecule has 0 aliphatic heterocycles. The van der Waals surface area contributed by atoms with Crippen LogP contribution in [0.3, 0.4) is 0 Å². The molecular weight excluding hydrogens is 344 g/mol. The number of hydrogen-bond donors (Lipinski definition) is 0. The molecule has 0 spiro atoms. The van der Waals surface area contributed by atoms with Gasteiger partial charge in [0.15, 0.2) is 0 Å². The Morgan fingerprint density at radius 2 is 2.07 bits per heavy atom. The summed E-state index contributed by atoms with van der Waals surface area (Å²) in [5.74, 6) is 0. The number of nitro groups is 1. The zero-order valence-electron chi connectivity index (χ0n) is 6.46. The maximum absolute atomic E-state index is 10.8. The van der Waals surface area contributed by atoms with Crippen LogP contribution in [0.4, 0.5) is 5.69 Å². The zero-order valence-corrected chi connectivity index (χ0v) is 10.1. The molecule has 74 valence electrons. The zero-order chi connectivity index (χ0) is 10.9. The Morgan fingerprint density at radius 1 is 1.50 bits per heavy atom. The van der Waals surface area contributed by atoms with Crippen LogP contribution in [0.2, 0.25) is 5.02 Å². The first-order valence-electron chi connectivity index (χ1n) is 3.26. The highest BCUT2D eigenvalue weighted by Gasteiger charge is 2.20. The van der Waals surface area contributed by atoms with Crippen molar-refractivity contribution in [1.82, 2.24) is 0 Å². The lowest BCUT2D eigenvalue weighted by Gasteiger charge is -2.00. The van der Waals surface area contributed by atoms with E-state index in [4.69, 9.17) is 23.2 Å². The van der Waals surface area contributed by atoms with Crippen LogP contribution in [0.1, 0.15) is 10.4 Å². The van der Waals surface area contributed by atoms with Crippen molar-refractivity contribution in [2.45, 2.75) is 0 Å². The van der Waals surface area contributed by atoms with E-state index >= 15 is 0 Å². The van der Waals surface area contributed by atoms with E-state index in [1.807, 2.05) is 22.6 Å². The van der Waals surface area contributed by atoms with Crippen molar-refractivity contribution in [3.05, 3.63) is 36.4 Å². The Kier molecular flexibility index (Phi) is 3.68. The number of rotatable bonds is 2. The molecule has 0 aliphatic rings. The van der Waals surface area contributed by atoms with Gasteiger partial charge in [0.1, 0.15) is 5.02 Å². The van der Waals surface area contributed by atoms with Crippen molar-refractivity contribution < 1.29 is 9.72 Å². The number of benzene rings is 1. The molecule has 0 heterocycles. The fourth-order valence-electron chi connectivity index (χ4n) is 0.851. The van der Waals surface area contributed by atoms with Gasteiger partial charge in [-0.1, -0.05) is 11.6 Å². The van der Waals surface area contributed by atoms with Gasteiger partial charge >= 0.3 is 0 Å². The predicted molar refractivity (Wildman–Crippen MR) is 61.0 cm³/mol. The van der Waals surface area contributed by atoms with E-state index in [0.717, 1.165) is 0 Å². The number of hydrogen-bond acceptors (Lipinski definition) is 3. The highest BCUT2D eigenvalue weighted by atomic mass is 127. The second-order valence-electron chi connectivity index (χ2n) is 2.32. The van der Waals surface area contributed by atoms with Crippen LogP contribution in [-0.2, 0) is 0 Å². The second-order valence-corrected chi connectivity index (χ2v) is 4.28. The standard InChI is InChI=1S/C7H2Cl2INO3/c8-6-4(7(9)12)1-3(10)2-5(6)11(13)14/h1-2H. The molecule has 0 bridgehead atoms. The van der Waals surface area contributed by atoms with Crippen LogP contribution in [0, 0.1) is 13.7 Å². The number of nitrogens with zero attached hydrogens (tertiary/aromatic N) is 1. The third-order valence-corrected chi connectivity index (χ3v) is 2.65. The first-order valence-corrected chi connectivity index (χ1v) is 5.10. The molecular formula is C7H2Cl2INO3. The summed E-state index contributed by atoms with van der Waals surface area (Å²) >= 11 is 12.7. The molecule has 0 amide bonds. The van der Waals surface area contributed by atoms with E-state index in [1.54, 1.807) is 0 Å². The summed E-state index contributed by atoms with van der Waals surface area (Å²) in [6.45, 7) is 0. The Morgan fingerprint density at radius 3 is 2.50 bits per heavy atom. The first-order chi connectivity index (χ1) is 6.43. The largest absolute Gasteiger partial charge is 0.289 e. The lowest BCUT2D eigenvalue weighted by atomic mass is 10.2. The minimum absolute atomic E-state index is 0.0491. The normalized spacial score (nSPS) is 9.93. The smallest absolute Gasteiger partial charge is 0.276 e. The van der Waals surface area contributed by atoms with E-state index in [9.17, 15) is 14.9 Å². The summed E-state index contributed by atoms with van der Waals surface area (Å²) in [5.41, 5.74) is -0.366. The van der Waals surface area contributed by atoms with Gasteiger partial charge in [-0.15, -0.1) is 0 Å². The second kappa shape index (κ2) is 4.41. The third kappa shape index (κ3) is 2.34. The van der Waals surface area contributed by atoms with Crippen LogP contribution in [-0.4, -0.2) is 10.2 Å². The van der Waals surface area contributed by atoms with Gasteiger partial charge in [-0.05, 0) is 40.3 Å². The molecule has 0 aliphatic carbocycles. The van der Waals surface area contributed by atoms with Crippen molar-refractivity contribution in [1.29, 1.82) is 0 Å². The molecule has 0 atom stereocenters. The van der Waals surface area contributed by atoms with Gasteiger partial charge in [-0.3, -0.25) is 14.9 Å². The van der Waals surface area contributed by atoms with Gasteiger partial charge in [0.05, 0.1) is 10.5 Å². The van der Waals surface area contributed by atoms with Gasteiger partial charge in [0.2, 0.25) is 0 Å². The van der Waals surface area contributed by atoms with Crippen molar-refractivity contribution in [2.24, 2.45) is 0 Å². The molecule has 4 nitrogen and oxygen atoms in total. The average molecular weight is 346 g/mol. The van der Waals surface area contributed by atoms with Crippen LogP contribution in [0.15, 0.2) is 12.1 Å². The maximum Gasteiger partial charge on any atom is 0.289 e. The number of nitro benzene ring substituents is 1. The number of carbonyl (C=O) groups excluding carboxylic acids is 1. The summed E-state index contributed by atoms with van der Waals surface area (Å²) in [7, 11) is 0. The van der Waals surface area contributed by atoms with E-state index in [2.05, 4.69) is 0 Å². The first kappa shape index (κ1) is 11.7. The van der Waals surface area contributed by atoms with E-state index in [0.29, 0.717) is 3.57 Å². The highest BCUT2D eigenvalue weighted by molar-refractivity contribution is 14.1. The van der Waals surface area contributed by atoms with E-state index in [1.165, 1.54) is 12.1 Å². The number of halogens is 3. The lowest BCUT2D eigenvalue weighted by molar-refractivity contribution is -0.384. The molecule has 0 aromatic heterocycles. The predicted octanol–water partition coefficient (Wildman–Crippen LogP) is 3.23.